The molecular formula is C23H26N2O2S. The largest absolute Gasteiger partial charge is 0.494 e. The quantitative estimate of drug-likeness (QED) is 0.440. The Balaban J connectivity index is 1.84. The van der Waals surface area contributed by atoms with Gasteiger partial charge in [0.15, 0.2) is 5.17 Å². The SMILES string of the molecule is CCCCOc1cccc(/C=C2/SC(=Nc3ccccc3C)N(CC)C2=O)c1. The summed E-state index contributed by atoms with van der Waals surface area (Å²) >= 11 is 1.42. The molecule has 0 spiro atoms. The fourth-order valence-electron chi connectivity index (χ4n) is 2.84. The molecule has 1 saturated heterocycles. The smallest absolute Gasteiger partial charge is 0.266 e. The highest BCUT2D eigenvalue weighted by atomic mass is 32.2. The molecular weight excluding hydrogens is 368 g/mol. The van der Waals surface area contributed by atoms with Crippen LogP contribution < -0.4 is 4.74 Å². The minimum Gasteiger partial charge on any atom is -0.494 e. The number of ether oxygens (including phenoxy) is 1. The summed E-state index contributed by atoms with van der Waals surface area (Å²) in [4.78, 5) is 20.0. The van der Waals surface area contributed by atoms with Crippen molar-refractivity contribution in [3.05, 3.63) is 64.6 Å². The van der Waals surface area contributed by atoms with E-state index in [9.17, 15) is 4.79 Å². The first-order valence-electron chi connectivity index (χ1n) is 9.71. The van der Waals surface area contributed by atoms with Crippen molar-refractivity contribution < 1.29 is 9.53 Å². The number of hydrogen-bond donors (Lipinski definition) is 0. The van der Waals surface area contributed by atoms with E-state index in [1.165, 1.54) is 11.8 Å². The van der Waals surface area contributed by atoms with Crippen LogP contribution in [0, 0.1) is 6.92 Å². The fraction of sp³-hybridized carbons (Fsp3) is 0.304. The number of para-hydroxylation sites is 1. The maximum absolute atomic E-state index is 12.8. The van der Waals surface area contributed by atoms with Gasteiger partial charge in [0.05, 0.1) is 17.2 Å². The molecule has 0 saturated carbocycles. The zero-order valence-electron chi connectivity index (χ0n) is 16.6. The molecule has 1 aliphatic heterocycles. The van der Waals surface area contributed by atoms with Crippen LogP contribution in [0.15, 0.2) is 58.4 Å². The predicted octanol–water partition coefficient (Wildman–Crippen LogP) is 5.80. The van der Waals surface area contributed by atoms with Crippen molar-refractivity contribution in [1.82, 2.24) is 4.90 Å². The summed E-state index contributed by atoms with van der Waals surface area (Å²) in [6.45, 7) is 7.44. The van der Waals surface area contributed by atoms with Gasteiger partial charge in [-0.2, -0.15) is 0 Å². The number of carbonyl (C=O) groups is 1. The number of rotatable bonds is 7. The van der Waals surface area contributed by atoms with Gasteiger partial charge in [-0.15, -0.1) is 0 Å². The minimum atomic E-state index is -0.00265. The Morgan fingerprint density at radius 3 is 2.71 bits per heavy atom. The predicted molar refractivity (Wildman–Crippen MR) is 118 cm³/mol. The second-order valence-corrected chi connectivity index (χ2v) is 7.62. The molecule has 1 amide bonds. The molecule has 2 aromatic carbocycles. The molecule has 0 radical (unpaired) electrons. The summed E-state index contributed by atoms with van der Waals surface area (Å²) in [5, 5.41) is 0.725. The number of nitrogens with zero attached hydrogens (tertiary/aromatic N) is 2. The van der Waals surface area contributed by atoms with Crippen molar-refractivity contribution in [2.45, 2.75) is 33.6 Å². The van der Waals surface area contributed by atoms with E-state index in [-0.39, 0.29) is 5.91 Å². The zero-order valence-corrected chi connectivity index (χ0v) is 17.5. The molecule has 5 heteroatoms. The molecule has 0 aromatic heterocycles. The van der Waals surface area contributed by atoms with E-state index in [1.54, 1.807) is 4.90 Å². The van der Waals surface area contributed by atoms with Gasteiger partial charge in [-0.1, -0.05) is 43.7 Å². The van der Waals surface area contributed by atoms with Crippen LogP contribution in [0.25, 0.3) is 6.08 Å². The van der Waals surface area contributed by atoms with Gasteiger partial charge in [-0.25, -0.2) is 4.99 Å². The molecule has 2 aromatic rings. The van der Waals surface area contributed by atoms with E-state index in [4.69, 9.17) is 9.73 Å². The van der Waals surface area contributed by atoms with Crippen LogP contribution in [-0.4, -0.2) is 29.1 Å². The number of carbonyl (C=O) groups excluding carboxylic acids is 1. The highest BCUT2D eigenvalue weighted by Crippen LogP contribution is 2.34. The molecule has 0 atom stereocenters. The first-order valence-corrected chi connectivity index (χ1v) is 10.5. The summed E-state index contributed by atoms with van der Waals surface area (Å²) in [5.41, 5.74) is 2.94. The average Bonchev–Trinajstić information content (AvgIpc) is 2.98. The third-order valence-electron chi connectivity index (χ3n) is 4.46. The summed E-state index contributed by atoms with van der Waals surface area (Å²) < 4.78 is 5.78. The second kappa shape index (κ2) is 9.60. The van der Waals surface area contributed by atoms with Crippen LogP contribution >= 0.6 is 11.8 Å². The molecule has 1 fully saturated rings. The number of likely N-dealkylation sites (N-methyl/N-ethyl adjacent to an activating group) is 1. The molecule has 4 nitrogen and oxygen atoms in total. The Morgan fingerprint density at radius 2 is 1.96 bits per heavy atom. The number of amidine groups is 1. The van der Waals surface area contributed by atoms with E-state index >= 15 is 0 Å². The number of thioether (sulfide) groups is 1. The molecule has 1 heterocycles. The van der Waals surface area contributed by atoms with Crippen LogP contribution in [0.1, 0.15) is 37.8 Å². The Hall–Kier alpha value is -2.53. The van der Waals surface area contributed by atoms with E-state index in [2.05, 4.69) is 6.92 Å². The monoisotopic (exact) mass is 394 g/mol. The van der Waals surface area contributed by atoms with Crippen LogP contribution in [0.3, 0.4) is 0 Å². The maximum Gasteiger partial charge on any atom is 0.266 e. The van der Waals surface area contributed by atoms with Gasteiger partial charge in [0, 0.05) is 6.54 Å². The van der Waals surface area contributed by atoms with Gasteiger partial charge in [-0.05, 0) is 67.4 Å². The van der Waals surface area contributed by atoms with Crippen molar-refractivity contribution in [1.29, 1.82) is 0 Å². The molecule has 1 aliphatic rings. The lowest BCUT2D eigenvalue weighted by Crippen LogP contribution is -2.28. The molecule has 0 N–H and O–H groups in total. The van der Waals surface area contributed by atoms with Crippen molar-refractivity contribution >= 4 is 34.6 Å². The van der Waals surface area contributed by atoms with Crippen molar-refractivity contribution in [3.63, 3.8) is 0 Å². The van der Waals surface area contributed by atoms with E-state index in [0.717, 1.165) is 40.6 Å². The topological polar surface area (TPSA) is 41.9 Å². The van der Waals surface area contributed by atoms with E-state index in [1.807, 2.05) is 68.5 Å². The number of aryl methyl sites for hydroxylation is 1. The Labute approximate surface area is 171 Å². The van der Waals surface area contributed by atoms with Crippen molar-refractivity contribution in [2.75, 3.05) is 13.2 Å². The third kappa shape index (κ3) is 4.84. The average molecular weight is 395 g/mol. The molecule has 0 bridgehead atoms. The summed E-state index contributed by atoms with van der Waals surface area (Å²) in [6, 6.07) is 15.8. The van der Waals surface area contributed by atoms with Crippen molar-refractivity contribution in [2.24, 2.45) is 4.99 Å². The first-order chi connectivity index (χ1) is 13.6. The van der Waals surface area contributed by atoms with E-state index in [0.29, 0.717) is 18.1 Å². The molecule has 28 heavy (non-hydrogen) atoms. The Bertz CT molecular complexity index is 905. The normalized spacial score (nSPS) is 17.0. The molecule has 146 valence electrons. The standard InChI is InChI=1S/C23H26N2O2S/c1-4-6-14-27-19-12-9-11-18(15-19)16-21-22(26)25(5-2)23(28-21)24-20-13-8-7-10-17(20)3/h7-13,15-16H,4-6,14H2,1-3H3/b21-16+,24-23?. The Morgan fingerprint density at radius 1 is 1.14 bits per heavy atom. The highest BCUT2D eigenvalue weighted by Gasteiger charge is 2.32. The lowest BCUT2D eigenvalue weighted by Gasteiger charge is -2.12. The van der Waals surface area contributed by atoms with Gasteiger partial charge in [-0.3, -0.25) is 9.69 Å². The van der Waals surface area contributed by atoms with Crippen LogP contribution in [-0.2, 0) is 4.79 Å². The number of hydrogen-bond acceptors (Lipinski definition) is 4. The fourth-order valence-corrected chi connectivity index (χ4v) is 3.90. The van der Waals surface area contributed by atoms with Crippen LogP contribution in [0.4, 0.5) is 5.69 Å². The third-order valence-corrected chi connectivity index (χ3v) is 5.46. The lowest BCUT2D eigenvalue weighted by molar-refractivity contribution is -0.122. The summed E-state index contributed by atoms with van der Waals surface area (Å²) in [7, 11) is 0. The van der Waals surface area contributed by atoms with Gasteiger partial charge < -0.3 is 4.74 Å². The van der Waals surface area contributed by atoms with Gasteiger partial charge >= 0.3 is 0 Å². The number of benzene rings is 2. The highest BCUT2D eigenvalue weighted by molar-refractivity contribution is 8.18. The van der Waals surface area contributed by atoms with Gasteiger partial charge in [0.1, 0.15) is 5.75 Å². The van der Waals surface area contributed by atoms with E-state index < -0.39 is 0 Å². The van der Waals surface area contributed by atoms with Crippen molar-refractivity contribution in [3.8, 4) is 5.75 Å². The molecule has 3 rings (SSSR count). The van der Waals surface area contributed by atoms with Crippen LogP contribution in [0.2, 0.25) is 0 Å². The number of amides is 1. The van der Waals surface area contributed by atoms with Gasteiger partial charge in [0.25, 0.3) is 5.91 Å². The summed E-state index contributed by atoms with van der Waals surface area (Å²) in [6.07, 6.45) is 4.05. The maximum atomic E-state index is 12.8. The lowest BCUT2D eigenvalue weighted by atomic mass is 10.2. The van der Waals surface area contributed by atoms with Crippen LogP contribution in [0.5, 0.6) is 5.75 Å². The van der Waals surface area contributed by atoms with Gasteiger partial charge in [0.2, 0.25) is 0 Å². The summed E-state index contributed by atoms with van der Waals surface area (Å²) in [5.74, 6) is 0.830. The number of unbranched alkanes of at least 4 members (excludes halogenated alkanes) is 1. The first kappa shape index (κ1) is 20.2. The minimum absolute atomic E-state index is 0.00265. The molecule has 0 aliphatic carbocycles. The second-order valence-electron chi connectivity index (χ2n) is 6.62. The number of aliphatic imine (C=N–C) groups is 1. The Kier molecular flexibility index (Phi) is 6.93. The molecule has 0 unspecified atom stereocenters. The zero-order chi connectivity index (χ0) is 19.9.